The van der Waals surface area contributed by atoms with E-state index in [0.717, 1.165) is 16.0 Å². The molecule has 4 heteroatoms. The Bertz CT molecular complexity index is 461. The zero-order chi connectivity index (χ0) is 11.8. The van der Waals surface area contributed by atoms with E-state index >= 15 is 0 Å². The molecular formula is C12H14N2O2. The molecule has 0 N–H and O–H groups in total. The van der Waals surface area contributed by atoms with E-state index in [9.17, 15) is 5.21 Å². The summed E-state index contributed by atoms with van der Waals surface area (Å²) in [6, 6.07) is 9.77. The molecule has 0 fully saturated rings. The van der Waals surface area contributed by atoms with Crippen LogP contribution in [0.15, 0.2) is 35.3 Å². The summed E-state index contributed by atoms with van der Waals surface area (Å²) in [7, 11) is 1.45. The van der Waals surface area contributed by atoms with Crippen LogP contribution in [-0.4, -0.2) is 29.1 Å². The van der Waals surface area contributed by atoms with E-state index < -0.39 is 5.54 Å². The third-order valence-electron chi connectivity index (χ3n) is 2.70. The predicted molar refractivity (Wildman–Crippen MR) is 62.7 cm³/mol. The summed E-state index contributed by atoms with van der Waals surface area (Å²) in [6.45, 7) is 3.66. The van der Waals surface area contributed by atoms with E-state index in [4.69, 9.17) is 4.74 Å². The van der Waals surface area contributed by atoms with E-state index in [2.05, 4.69) is 4.99 Å². The van der Waals surface area contributed by atoms with Crippen LogP contribution in [0.5, 0.6) is 0 Å². The molecule has 0 saturated heterocycles. The molecule has 1 heterocycles. The maximum absolute atomic E-state index is 11.9. The van der Waals surface area contributed by atoms with Gasteiger partial charge in [-0.25, -0.2) is 4.74 Å². The maximum Gasteiger partial charge on any atom is 0.497 e. The van der Waals surface area contributed by atoms with Gasteiger partial charge in [0.15, 0.2) is 5.54 Å². The number of hydroxylamine groups is 1. The minimum atomic E-state index is -0.688. The standard InChI is InChI=1S/C12H14N2O2/c1-12(2)10(9-7-5-4-6-8-9)13-11(16-3)14(12)15/h4-8H,1-3H3. The molecule has 0 amide bonds. The molecule has 0 aliphatic carbocycles. The van der Waals surface area contributed by atoms with E-state index in [1.165, 1.54) is 7.11 Å². The minimum Gasteiger partial charge on any atom is -0.712 e. The van der Waals surface area contributed by atoms with Gasteiger partial charge in [0.1, 0.15) is 0 Å². The lowest BCUT2D eigenvalue weighted by molar-refractivity contribution is -0.521. The molecule has 0 radical (unpaired) electrons. The largest absolute Gasteiger partial charge is 0.712 e. The van der Waals surface area contributed by atoms with Gasteiger partial charge >= 0.3 is 6.02 Å². The number of hydrogen-bond acceptors (Lipinski definition) is 3. The Labute approximate surface area is 94.5 Å². The number of nitrogens with zero attached hydrogens (tertiary/aromatic N) is 2. The molecule has 0 saturated carbocycles. The predicted octanol–water partition coefficient (Wildman–Crippen LogP) is 1.78. The highest BCUT2D eigenvalue weighted by Gasteiger charge is 2.43. The molecule has 0 atom stereocenters. The Kier molecular flexibility index (Phi) is 2.42. The van der Waals surface area contributed by atoms with E-state index in [1.54, 1.807) is 0 Å². The van der Waals surface area contributed by atoms with Gasteiger partial charge in [0, 0.05) is 5.56 Å². The number of hydrogen-bond donors (Lipinski definition) is 0. The van der Waals surface area contributed by atoms with Gasteiger partial charge in [-0.3, -0.25) is 0 Å². The fourth-order valence-electron chi connectivity index (χ4n) is 1.76. The molecule has 0 unspecified atom stereocenters. The number of aliphatic imine (C=N–C) groups is 1. The second kappa shape index (κ2) is 3.63. The summed E-state index contributed by atoms with van der Waals surface area (Å²) in [5, 5.41) is 11.9. The lowest BCUT2D eigenvalue weighted by Crippen LogP contribution is -2.39. The van der Waals surface area contributed by atoms with Gasteiger partial charge in [-0.05, 0) is 18.8 Å². The van der Waals surface area contributed by atoms with Crippen molar-refractivity contribution >= 4 is 11.7 Å². The van der Waals surface area contributed by atoms with Crippen molar-refractivity contribution in [3.8, 4) is 0 Å². The van der Waals surface area contributed by atoms with Crippen molar-refractivity contribution in [1.29, 1.82) is 0 Å². The second-order valence-electron chi connectivity index (χ2n) is 4.17. The first-order chi connectivity index (χ1) is 7.57. The van der Waals surface area contributed by atoms with Gasteiger partial charge in [0.2, 0.25) is 5.71 Å². The van der Waals surface area contributed by atoms with Gasteiger partial charge in [0.05, 0.1) is 7.11 Å². The second-order valence-corrected chi connectivity index (χ2v) is 4.17. The first kappa shape index (κ1) is 10.7. The molecule has 84 valence electrons. The Hall–Kier alpha value is -1.84. The average Bonchev–Trinajstić information content (AvgIpc) is 2.52. The van der Waals surface area contributed by atoms with Gasteiger partial charge in [-0.1, -0.05) is 30.3 Å². The Morgan fingerprint density at radius 1 is 1.25 bits per heavy atom. The van der Waals surface area contributed by atoms with Crippen LogP contribution in [0.4, 0.5) is 0 Å². The number of methoxy groups -OCH3 is 1. The van der Waals surface area contributed by atoms with E-state index in [0.29, 0.717) is 0 Å². The van der Waals surface area contributed by atoms with Crippen LogP contribution in [-0.2, 0) is 4.74 Å². The highest BCUT2D eigenvalue weighted by molar-refractivity contribution is 6.12. The quantitative estimate of drug-likeness (QED) is 0.533. The molecule has 16 heavy (non-hydrogen) atoms. The molecule has 0 spiro atoms. The molecular weight excluding hydrogens is 204 g/mol. The maximum atomic E-state index is 11.9. The van der Waals surface area contributed by atoms with Crippen LogP contribution < -0.4 is 0 Å². The highest BCUT2D eigenvalue weighted by Crippen LogP contribution is 2.23. The summed E-state index contributed by atoms with van der Waals surface area (Å²) in [5.74, 6) is 0. The third-order valence-corrected chi connectivity index (χ3v) is 2.70. The SMILES string of the molecule is COC1=[N+]([O-])C(C)(C)C(c2ccccc2)=N1. The number of ether oxygens (including phenoxy) is 1. The number of rotatable bonds is 1. The van der Waals surface area contributed by atoms with Crippen LogP contribution >= 0.6 is 0 Å². The number of benzene rings is 1. The Morgan fingerprint density at radius 2 is 1.88 bits per heavy atom. The third kappa shape index (κ3) is 1.46. The van der Waals surface area contributed by atoms with Crippen molar-refractivity contribution in [2.24, 2.45) is 4.99 Å². The lowest BCUT2D eigenvalue weighted by atomic mass is 9.93. The van der Waals surface area contributed by atoms with Crippen LogP contribution in [0.25, 0.3) is 0 Å². The molecule has 2 rings (SSSR count). The molecule has 4 nitrogen and oxygen atoms in total. The first-order valence-corrected chi connectivity index (χ1v) is 5.10. The zero-order valence-electron chi connectivity index (χ0n) is 9.60. The molecule has 0 bridgehead atoms. The molecule has 1 aliphatic rings. The van der Waals surface area contributed by atoms with Crippen LogP contribution in [0.1, 0.15) is 19.4 Å². The minimum absolute atomic E-state index is 0.115. The normalized spacial score (nSPS) is 18.6. The lowest BCUT2D eigenvalue weighted by Gasteiger charge is -2.22. The molecule has 1 aliphatic heterocycles. The molecule has 1 aromatic rings. The van der Waals surface area contributed by atoms with Crippen molar-refractivity contribution in [1.82, 2.24) is 0 Å². The van der Waals surface area contributed by atoms with Crippen molar-refractivity contribution in [3.05, 3.63) is 41.1 Å². The van der Waals surface area contributed by atoms with Crippen molar-refractivity contribution < 1.29 is 9.48 Å². The zero-order valence-corrected chi connectivity index (χ0v) is 9.60. The fraction of sp³-hybridized carbons (Fsp3) is 0.333. The highest BCUT2D eigenvalue weighted by atomic mass is 16.6. The van der Waals surface area contributed by atoms with Gasteiger partial charge in [0.25, 0.3) is 0 Å². The van der Waals surface area contributed by atoms with E-state index in [-0.39, 0.29) is 6.02 Å². The van der Waals surface area contributed by atoms with Crippen molar-refractivity contribution in [2.45, 2.75) is 19.4 Å². The molecule has 1 aromatic carbocycles. The summed E-state index contributed by atoms with van der Waals surface area (Å²) in [4.78, 5) is 4.24. The van der Waals surface area contributed by atoms with Crippen molar-refractivity contribution in [2.75, 3.05) is 7.11 Å². The fourth-order valence-corrected chi connectivity index (χ4v) is 1.76. The smallest absolute Gasteiger partial charge is 0.497 e. The number of amidine groups is 1. The van der Waals surface area contributed by atoms with E-state index in [1.807, 2.05) is 44.2 Å². The van der Waals surface area contributed by atoms with Gasteiger partial charge in [-0.2, -0.15) is 0 Å². The Morgan fingerprint density at radius 3 is 2.38 bits per heavy atom. The van der Waals surface area contributed by atoms with Gasteiger partial charge < -0.3 is 9.94 Å². The van der Waals surface area contributed by atoms with Crippen LogP contribution in [0, 0.1) is 5.21 Å². The monoisotopic (exact) mass is 218 g/mol. The summed E-state index contributed by atoms with van der Waals surface area (Å²) in [6.07, 6.45) is 0. The summed E-state index contributed by atoms with van der Waals surface area (Å²) >= 11 is 0. The average molecular weight is 218 g/mol. The Balaban J connectivity index is 2.47. The first-order valence-electron chi connectivity index (χ1n) is 5.10. The molecule has 0 aromatic heterocycles. The van der Waals surface area contributed by atoms with Crippen molar-refractivity contribution in [3.63, 3.8) is 0 Å². The topological polar surface area (TPSA) is 47.7 Å². The summed E-state index contributed by atoms with van der Waals surface area (Å²) < 4.78 is 5.75. The van der Waals surface area contributed by atoms with Crippen LogP contribution in [0.2, 0.25) is 0 Å². The summed E-state index contributed by atoms with van der Waals surface area (Å²) in [5.41, 5.74) is 0.993. The van der Waals surface area contributed by atoms with Crippen LogP contribution in [0.3, 0.4) is 0 Å². The van der Waals surface area contributed by atoms with Gasteiger partial charge in [-0.15, -0.1) is 0 Å².